The predicted octanol–water partition coefficient (Wildman–Crippen LogP) is 5.04. The molecule has 0 saturated carbocycles. The van der Waals surface area contributed by atoms with Gasteiger partial charge in [0.25, 0.3) is 5.91 Å². The minimum atomic E-state index is -0.136. The van der Waals surface area contributed by atoms with E-state index in [1.54, 1.807) is 11.8 Å². The maximum absolute atomic E-state index is 11.8. The molecular formula is C19H21Cl2NO2S. The van der Waals surface area contributed by atoms with Crippen LogP contribution in [0.2, 0.25) is 10.0 Å². The average Bonchev–Trinajstić information content (AvgIpc) is 2.59. The first-order valence-electron chi connectivity index (χ1n) is 7.94. The van der Waals surface area contributed by atoms with E-state index in [1.165, 1.54) is 0 Å². The van der Waals surface area contributed by atoms with Crippen LogP contribution in [0, 0.1) is 13.8 Å². The van der Waals surface area contributed by atoms with Gasteiger partial charge in [0.15, 0.2) is 6.61 Å². The number of ether oxygens (including phenoxy) is 1. The zero-order chi connectivity index (χ0) is 18.2. The Morgan fingerprint density at radius 2 is 1.84 bits per heavy atom. The van der Waals surface area contributed by atoms with Gasteiger partial charge in [0.2, 0.25) is 0 Å². The standard InChI is InChI=1S/C19H21Cl2NO2S/c1-13-9-16(10-14(2)19(13)21)24-11-18(23)22-7-8-25-12-15-5-3-4-6-17(15)20/h3-6,9-10H,7-8,11-12H2,1-2H3,(H,22,23). The lowest BCUT2D eigenvalue weighted by Crippen LogP contribution is -2.30. The predicted molar refractivity (Wildman–Crippen MR) is 107 cm³/mol. The van der Waals surface area contributed by atoms with E-state index in [0.717, 1.165) is 38.2 Å². The Labute approximate surface area is 163 Å². The van der Waals surface area contributed by atoms with Crippen LogP contribution in [0.1, 0.15) is 16.7 Å². The number of thioether (sulfide) groups is 1. The van der Waals surface area contributed by atoms with Crippen LogP contribution < -0.4 is 10.1 Å². The summed E-state index contributed by atoms with van der Waals surface area (Å²) in [6.07, 6.45) is 0. The van der Waals surface area contributed by atoms with Gasteiger partial charge in [-0.2, -0.15) is 11.8 Å². The fourth-order valence-corrected chi connectivity index (χ4v) is 3.50. The molecule has 0 heterocycles. The summed E-state index contributed by atoms with van der Waals surface area (Å²) in [4.78, 5) is 11.8. The Morgan fingerprint density at radius 1 is 1.16 bits per heavy atom. The normalized spacial score (nSPS) is 10.6. The molecule has 134 valence electrons. The van der Waals surface area contributed by atoms with Gasteiger partial charge in [0.1, 0.15) is 5.75 Å². The summed E-state index contributed by atoms with van der Waals surface area (Å²) < 4.78 is 5.53. The Morgan fingerprint density at radius 3 is 2.52 bits per heavy atom. The summed E-state index contributed by atoms with van der Waals surface area (Å²) in [6.45, 7) is 4.42. The van der Waals surface area contributed by atoms with Gasteiger partial charge in [-0.05, 0) is 48.7 Å². The van der Waals surface area contributed by atoms with Crippen molar-refractivity contribution in [3.05, 3.63) is 63.1 Å². The number of carbonyl (C=O) groups excluding carboxylic acids is 1. The van der Waals surface area contributed by atoms with Crippen molar-refractivity contribution in [2.45, 2.75) is 19.6 Å². The highest BCUT2D eigenvalue weighted by atomic mass is 35.5. The topological polar surface area (TPSA) is 38.3 Å². The van der Waals surface area contributed by atoms with Crippen LogP contribution in [0.15, 0.2) is 36.4 Å². The number of halogens is 2. The second-order valence-electron chi connectivity index (χ2n) is 5.65. The highest BCUT2D eigenvalue weighted by molar-refractivity contribution is 7.98. The summed E-state index contributed by atoms with van der Waals surface area (Å²) in [5.74, 6) is 2.16. The fourth-order valence-electron chi connectivity index (χ4n) is 2.25. The Bertz CT molecular complexity index is 714. The summed E-state index contributed by atoms with van der Waals surface area (Å²) in [7, 11) is 0. The molecule has 0 fully saturated rings. The molecule has 2 aromatic rings. The van der Waals surface area contributed by atoms with E-state index in [-0.39, 0.29) is 12.5 Å². The van der Waals surface area contributed by atoms with Crippen molar-refractivity contribution in [2.24, 2.45) is 0 Å². The molecule has 0 saturated heterocycles. The van der Waals surface area contributed by atoms with Crippen LogP contribution in [-0.4, -0.2) is 24.8 Å². The van der Waals surface area contributed by atoms with Crippen LogP contribution >= 0.6 is 35.0 Å². The van der Waals surface area contributed by atoms with Crippen LogP contribution in [0.3, 0.4) is 0 Å². The van der Waals surface area contributed by atoms with Gasteiger partial charge < -0.3 is 10.1 Å². The molecule has 0 unspecified atom stereocenters. The van der Waals surface area contributed by atoms with Crippen LogP contribution in [0.25, 0.3) is 0 Å². The highest BCUT2D eigenvalue weighted by Gasteiger charge is 2.06. The number of aryl methyl sites for hydroxylation is 2. The monoisotopic (exact) mass is 397 g/mol. The number of carbonyl (C=O) groups is 1. The Hall–Kier alpha value is -1.36. The lowest BCUT2D eigenvalue weighted by molar-refractivity contribution is -0.122. The van der Waals surface area contributed by atoms with E-state index in [0.29, 0.717) is 12.3 Å². The molecule has 2 aromatic carbocycles. The molecule has 2 rings (SSSR count). The van der Waals surface area contributed by atoms with E-state index in [9.17, 15) is 4.79 Å². The van der Waals surface area contributed by atoms with Crippen molar-refractivity contribution >= 4 is 40.9 Å². The lowest BCUT2D eigenvalue weighted by Gasteiger charge is -2.10. The molecule has 3 nitrogen and oxygen atoms in total. The van der Waals surface area contributed by atoms with Crippen molar-refractivity contribution in [1.29, 1.82) is 0 Å². The zero-order valence-electron chi connectivity index (χ0n) is 14.3. The number of benzene rings is 2. The van der Waals surface area contributed by atoms with Gasteiger partial charge in [0, 0.05) is 28.1 Å². The number of nitrogens with one attached hydrogen (secondary N) is 1. The summed E-state index contributed by atoms with van der Waals surface area (Å²) in [6, 6.07) is 11.5. The Balaban J connectivity index is 1.65. The molecular weight excluding hydrogens is 377 g/mol. The fraction of sp³-hybridized carbons (Fsp3) is 0.316. The molecule has 0 bridgehead atoms. The van der Waals surface area contributed by atoms with Crippen LogP contribution in [0.5, 0.6) is 5.75 Å². The quantitative estimate of drug-likeness (QED) is 0.634. The van der Waals surface area contributed by atoms with Crippen molar-refractivity contribution in [1.82, 2.24) is 5.32 Å². The number of hydrogen-bond donors (Lipinski definition) is 1. The molecule has 1 amide bonds. The third-order valence-electron chi connectivity index (χ3n) is 3.56. The molecule has 6 heteroatoms. The van der Waals surface area contributed by atoms with Crippen LogP contribution in [0.4, 0.5) is 0 Å². The van der Waals surface area contributed by atoms with Gasteiger partial charge in [-0.15, -0.1) is 0 Å². The molecule has 25 heavy (non-hydrogen) atoms. The molecule has 0 aliphatic rings. The van der Waals surface area contributed by atoms with Crippen molar-refractivity contribution in [3.8, 4) is 5.75 Å². The van der Waals surface area contributed by atoms with Crippen molar-refractivity contribution in [2.75, 3.05) is 18.9 Å². The van der Waals surface area contributed by atoms with Gasteiger partial charge in [-0.3, -0.25) is 4.79 Å². The average molecular weight is 398 g/mol. The van der Waals surface area contributed by atoms with Crippen molar-refractivity contribution in [3.63, 3.8) is 0 Å². The lowest BCUT2D eigenvalue weighted by atomic mass is 10.1. The van der Waals surface area contributed by atoms with Crippen molar-refractivity contribution < 1.29 is 9.53 Å². The summed E-state index contributed by atoms with van der Waals surface area (Å²) in [5, 5.41) is 4.36. The number of amides is 1. The SMILES string of the molecule is Cc1cc(OCC(=O)NCCSCc2ccccc2Cl)cc(C)c1Cl. The molecule has 0 aliphatic carbocycles. The second kappa shape index (κ2) is 9.95. The van der Waals surface area contributed by atoms with Gasteiger partial charge >= 0.3 is 0 Å². The van der Waals surface area contributed by atoms with Gasteiger partial charge in [-0.1, -0.05) is 41.4 Å². The molecule has 0 atom stereocenters. The molecule has 0 aromatic heterocycles. The first-order chi connectivity index (χ1) is 12.0. The largest absolute Gasteiger partial charge is 0.484 e. The molecule has 0 spiro atoms. The molecule has 0 aliphatic heterocycles. The first-order valence-corrected chi connectivity index (χ1v) is 9.86. The van der Waals surface area contributed by atoms with Gasteiger partial charge in [0.05, 0.1) is 0 Å². The maximum atomic E-state index is 11.8. The third kappa shape index (κ3) is 6.46. The van der Waals surface area contributed by atoms with E-state index in [4.69, 9.17) is 27.9 Å². The highest BCUT2D eigenvalue weighted by Crippen LogP contribution is 2.25. The maximum Gasteiger partial charge on any atom is 0.257 e. The van der Waals surface area contributed by atoms with Gasteiger partial charge in [-0.25, -0.2) is 0 Å². The summed E-state index contributed by atoms with van der Waals surface area (Å²) >= 11 is 14.0. The summed E-state index contributed by atoms with van der Waals surface area (Å²) in [5.41, 5.74) is 2.98. The number of hydrogen-bond acceptors (Lipinski definition) is 3. The Kier molecular flexibility index (Phi) is 7.94. The minimum absolute atomic E-state index is 0.00427. The first kappa shape index (κ1) is 20.0. The minimum Gasteiger partial charge on any atom is -0.484 e. The smallest absolute Gasteiger partial charge is 0.257 e. The third-order valence-corrected chi connectivity index (χ3v) is 5.54. The van der Waals surface area contributed by atoms with E-state index < -0.39 is 0 Å². The second-order valence-corrected chi connectivity index (χ2v) is 7.54. The molecule has 1 N–H and O–H groups in total. The van der Waals surface area contributed by atoms with E-state index in [2.05, 4.69) is 5.32 Å². The van der Waals surface area contributed by atoms with E-state index >= 15 is 0 Å². The van der Waals surface area contributed by atoms with Crippen LogP contribution in [-0.2, 0) is 10.5 Å². The van der Waals surface area contributed by atoms with E-state index in [1.807, 2.05) is 50.2 Å². The number of rotatable bonds is 8. The molecule has 0 radical (unpaired) electrons. The zero-order valence-corrected chi connectivity index (χ0v) is 16.6.